The van der Waals surface area contributed by atoms with Crippen LogP contribution in [0.2, 0.25) is 0 Å². The van der Waals surface area contributed by atoms with Gasteiger partial charge in [0, 0.05) is 6.42 Å². The lowest BCUT2D eigenvalue weighted by Gasteiger charge is -1.97. The van der Waals surface area contributed by atoms with Gasteiger partial charge in [-0.25, -0.2) is 0 Å². The Morgan fingerprint density at radius 3 is 2.50 bits per heavy atom. The molecular weight excluding hydrogens is 104 g/mol. The van der Waals surface area contributed by atoms with Gasteiger partial charge in [-0.3, -0.25) is 0 Å². The summed E-state index contributed by atoms with van der Waals surface area (Å²) in [7, 11) is 1.57. The van der Waals surface area contributed by atoms with Crippen LogP contribution in [0.4, 0.5) is 0 Å². The van der Waals surface area contributed by atoms with Crippen LogP contribution in [0.15, 0.2) is 5.10 Å². The van der Waals surface area contributed by atoms with E-state index in [0.29, 0.717) is 5.90 Å². The van der Waals surface area contributed by atoms with E-state index in [2.05, 4.69) is 5.10 Å². The second-order valence-electron chi connectivity index (χ2n) is 1.48. The first-order chi connectivity index (χ1) is 3.85. The summed E-state index contributed by atoms with van der Waals surface area (Å²) in [4.78, 5) is 0. The molecule has 0 aliphatic heterocycles. The minimum absolute atomic E-state index is 0.618. The van der Waals surface area contributed by atoms with Crippen molar-refractivity contribution in [1.29, 1.82) is 0 Å². The quantitative estimate of drug-likeness (QED) is 0.250. The molecule has 0 saturated carbocycles. The zero-order valence-corrected chi connectivity index (χ0v) is 5.35. The highest BCUT2D eigenvalue weighted by Gasteiger charge is 1.91. The summed E-state index contributed by atoms with van der Waals surface area (Å²) in [5, 5.41) is 3.39. The van der Waals surface area contributed by atoms with Gasteiger partial charge in [-0.1, -0.05) is 6.92 Å². The number of nitrogens with zero attached hydrogens (tertiary/aromatic N) is 1. The number of ether oxygens (including phenoxy) is 1. The van der Waals surface area contributed by atoms with Gasteiger partial charge >= 0.3 is 0 Å². The van der Waals surface area contributed by atoms with Crippen LogP contribution in [0.5, 0.6) is 0 Å². The molecule has 3 nitrogen and oxygen atoms in total. The van der Waals surface area contributed by atoms with Gasteiger partial charge in [0.25, 0.3) is 0 Å². The van der Waals surface area contributed by atoms with E-state index in [1.165, 1.54) is 0 Å². The Balaban J connectivity index is 3.38. The number of rotatable bonds is 2. The summed E-state index contributed by atoms with van der Waals surface area (Å²) in [5.41, 5.74) is 0. The van der Waals surface area contributed by atoms with Crippen LogP contribution in [0.25, 0.3) is 0 Å². The smallest absolute Gasteiger partial charge is 0.205 e. The maximum atomic E-state index is 4.93. The SMILES string of the molecule is CCCC(=NN)OC. The van der Waals surface area contributed by atoms with E-state index in [0.717, 1.165) is 12.8 Å². The highest BCUT2D eigenvalue weighted by atomic mass is 16.5. The largest absolute Gasteiger partial charge is 0.483 e. The highest BCUT2D eigenvalue weighted by Crippen LogP contribution is 1.89. The first-order valence-electron chi connectivity index (χ1n) is 2.65. The topological polar surface area (TPSA) is 47.6 Å². The van der Waals surface area contributed by atoms with Crippen molar-refractivity contribution in [3.63, 3.8) is 0 Å². The molecule has 0 aromatic heterocycles. The zero-order chi connectivity index (χ0) is 6.41. The standard InChI is InChI=1S/C5H12N2O/c1-3-4-5(7-6)8-2/h3-4,6H2,1-2H3. The normalized spacial score (nSPS) is 11.5. The van der Waals surface area contributed by atoms with Crippen molar-refractivity contribution in [2.45, 2.75) is 19.8 Å². The van der Waals surface area contributed by atoms with Crippen molar-refractivity contribution in [2.24, 2.45) is 10.9 Å². The third-order valence-electron chi connectivity index (χ3n) is 0.843. The molecule has 0 radical (unpaired) electrons. The third kappa shape index (κ3) is 2.44. The molecule has 0 aromatic rings. The van der Waals surface area contributed by atoms with E-state index in [9.17, 15) is 0 Å². The zero-order valence-electron chi connectivity index (χ0n) is 5.35. The first-order valence-corrected chi connectivity index (χ1v) is 2.65. The van der Waals surface area contributed by atoms with Gasteiger partial charge in [-0.05, 0) is 6.42 Å². The molecule has 0 aliphatic carbocycles. The minimum Gasteiger partial charge on any atom is -0.483 e. The fourth-order valence-electron chi connectivity index (χ4n) is 0.433. The summed E-state index contributed by atoms with van der Waals surface area (Å²) in [6.07, 6.45) is 1.84. The van der Waals surface area contributed by atoms with Crippen LogP contribution < -0.4 is 5.84 Å². The molecule has 8 heavy (non-hydrogen) atoms. The number of hydrogen-bond acceptors (Lipinski definition) is 3. The van der Waals surface area contributed by atoms with Gasteiger partial charge in [0.2, 0.25) is 5.90 Å². The van der Waals surface area contributed by atoms with Crippen LogP contribution in [0.1, 0.15) is 19.8 Å². The van der Waals surface area contributed by atoms with Crippen LogP contribution >= 0.6 is 0 Å². The number of hydrogen-bond donors (Lipinski definition) is 1. The lowest BCUT2D eigenvalue weighted by molar-refractivity contribution is 0.387. The molecule has 0 spiro atoms. The number of nitrogens with two attached hydrogens (primary N) is 1. The van der Waals surface area contributed by atoms with E-state index in [4.69, 9.17) is 10.6 Å². The van der Waals surface area contributed by atoms with Crippen LogP contribution in [-0.4, -0.2) is 13.0 Å². The molecule has 0 rings (SSSR count). The molecule has 0 aliphatic rings. The molecule has 0 amide bonds. The van der Waals surface area contributed by atoms with Crippen molar-refractivity contribution >= 4 is 5.90 Å². The second-order valence-corrected chi connectivity index (χ2v) is 1.48. The average Bonchev–Trinajstić information content (AvgIpc) is 1.83. The fraction of sp³-hybridized carbons (Fsp3) is 0.800. The van der Waals surface area contributed by atoms with E-state index in [-0.39, 0.29) is 0 Å². The number of methoxy groups -OCH3 is 1. The van der Waals surface area contributed by atoms with E-state index < -0.39 is 0 Å². The Bertz CT molecular complexity index is 80.5. The lowest BCUT2D eigenvalue weighted by Crippen LogP contribution is -2.03. The molecule has 0 saturated heterocycles. The Morgan fingerprint density at radius 1 is 1.75 bits per heavy atom. The Morgan fingerprint density at radius 2 is 2.38 bits per heavy atom. The molecule has 3 heteroatoms. The van der Waals surface area contributed by atoms with Gasteiger partial charge in [0.05, 0.1) is 7.11 Å². The van der Waals surface area contributed by atoms with Crippen LogP contribution in [0.3, 0.4) is 0 Å². The predicted octanol–water partition coefficient (Wildman–Crippen LogP) is 0.705. The molecule has 0 heterocycles. The summed E-state index contributed by atoms with van der Waals surface area (Å²) in [5.74, 6) is 5.55. The maximum Gasteiger partial charge on any atom is 0.205 e. The number of hydrazone groups is 1. The van der Waals surface area contributed by atoms with Gasteiger partial charge in [0.15, 0.2) is 0 Å². The molecule has 0 unspecified atom stereocenters. The van der Waals surface area contributed by atoms with Crippen molar-refractivity contribution in [3.05, 3.63) is 0 Å². The van der Waals surface area contributed by atoms with Crippen molar-refractivity contribution in [1.82, 2.24) is 0 Å². The van der Waals surface area contributed by atoms with Crippen molar-refractivity contribution in [2.75, 3.05) is 7.11 Å². The highest BCUT2D eigenvalue weighted by molar-refractivity contribution is 5.75. The molecule has 0 atom stereocenters. The summed E-state index contributed by atoms with van der Waals surface area (Å²) < 4.78 is 4.76. The van der Waals surface area contributed by atoms with Gasteiger partial charge < -0.3 is 10.6 Å². The third-order valence-corrected chi connectivity index (χ3v) is 0.843. The molecule has 0 aromatic carbocycles. The van der Waals surface area contributed by atoms with E-state index in [1.54, 1.807) is 7.11 Å². The lowest BCUT2D eigenvalue weighted by atomic mass is 10.3. The van der Waals surface area contributed by atoms with Crippen LogP contribution in [0, 0.1) is 0 Å². The minimum atomic E-state index is 0.618. The van der Waals surface area contributed by atoms with Crippen molar-refractivity contribution in [3.8, 4) is 0 Å². The van der Waals surface area contributed by atoms with Gasteiger partial charge in [-0.2, -0.15) is 0 Å². The predicted molar refractivity (Wildman–Crippen MR) is 33.5 cm³/mol. The summed E-state index contributed by atoms with van der Waals surface area (Å²) >= 11 is 0. The van der Waals surface area contributed by atoms with Gasteiger partial charge in [0.1, 0.15) is 0 Å². The molecular formula is C5H12N2O. The molecule has 0 bridgehead atoms. The van der Waals surface area contributed by atoms with Crippen LogP contribution in [-0.2, 0) is 4.74 Å². The Hall–Kier alpha value is -0.730. The van der Waals surface area contributed by atoms with E-state index in [1.807, 2.05) is 6.92 Å². The molecule has 48 valence electrons. The molecule has 0 fully saturated rings. The fourth-order valence-corrected chi connectivity index (χ4v) is 0.433. The monoisotopic (exact) mass is 116 g/mol. The average molecular weight is 116 g/mol. The van der Waals surface area contributed by atoms with Crippen molar-refractivity contribution < 1.29 is 4.74 Å². The Labute approximate surface area is 49.5 Å². The molecule has 2 N–H and O–H groups in total. The summed E-state index contributed by atoms with van der Waals surface area (Å²) in [6.45, 7) is 2.05. The second kappa shape index (κ2) is 4.43. The maximum absolute atomic E-state index is 4.93. The summed E-state index contributed by atoms with van der Waals surface area (Å²) in [6, 6.07) is 0. The Kier molecular flexibility index (Phi) is 4.03. The van der Waals surface area contributed by atoms with Gasteiger partial charge in [-0.15, -0.1) is 5.10 Å². The van der Waals surface area contributed by atoms with E-state index >= 15 is 0 Å². The first kappa shape index (κ1) is 7.27.